The predicted octanol–water partition coefficient (Wildman–Crippen LogP) is 3.66. The van der Waals surface area contributed by atoms with E-state index in [4.69, 9.17) is 0 Å². The normalized spacial score (nSPS) is 17.9. The van der Waals surface area contributed by atoms with Crippen molar-refractivity contribution in [1.29, 1.82) is 0 Å². The van der Waals surface area contributed by atoms with Crippen molar-refractivity contribution in [2.75, 3.05) is 11.9 Å². The highest BCUT2D eigenvalue weighted by Crippen LogP contribution is 2.36. The fourth-order valence-electron chi connectivity index (χ4n) is 3.52. The molecule has 0 aliphatic heterocycles. The first-order valence-electron chi connectivity index (χ1n) is 8.63. The lowest BCUT2D eigenvalue weighted by atomic mass is 9.82. The standard InChI is InChI=1S/C19H18FN5.H2/c20-19(6-1-7-19)12-23-18-22-10-15-14(3-4-16(15)24-18)13-2-5-17-21-8-9-25(17)11-13;/h2-3,5,8-11H,1,4,6-7,12H2,(H,22,23,24);1H. The summed E-state index contributed by atoms with van der Waals surface area (Å²) in [6.45, 7) is 0.295. The second-order valence-corrected chi connectivity index (χ2v) is 6.84. The second kappa shape index (κ2) is 5.37. The third-order valence-corrected chi connectivity index (χ3v) is 5.17. The van der Waals surface area contributed by atoms with Crippen LogP contribution in [0.5, 0.6) is 0 Å². The van der Waals surface area contributed by atoms with Crippen LogP contribution >= 0.6 is 0 Å². The van der Waals surface area contributed by atoms with Crippen LogP contribution in [-0.2, 0) is 6.42 Å². The number of alkyl halides is 1. The monoisotopic (exact) mass is 337 g/mol. The quantitative estimate of drug-likeness (QED) is 0.789. The van der Waals surface area contributed by atoms with Gasteiger partial charge in [-0.1, -0.05) is 6.08 Å². The molecule has 1 N–H and O–H groups in total. The van der Waals surface area contributed by atoms with Crippen molar-refractivity contribution < 1.29 is 5.82 Å². The zero-order valence-electron chi connectivity index (χ0n) is 13.7. The summed E-state index contributed by atoms with van der Waals surface area (Å²) < 4.78 is 16.1. The second-order valence-electron chi connectivity index (χ2n) is 6.84. The van der Waals surface area contributed by atoms with E-state index in [-0.39, 0.29) is 1.43 Å². The number of allylic oxidation sites excluding steroid dienone is 1. The topological polar surface area (TPSA) is 55.1 Å². The van der Waals surface area contributed by atoms with Gasteiger partial charge < -0.3 is 9.72 Å². The number of anilines is 1. The summed E-state index contributed by atoms with van der Waals surface area (Å²) in [4.78, 5) is 13.2. The number of hydrogen-bond donors (Lipinski definition) is 1. The summed E-state index contributed by atoms with van der Waals surface area (Å²) in [7, 11) is 0. The Bertz CT molecular complexity index is 993. The summed E-state index contributed by atoms with van der Waals surface area (Å²) in [5.74, 6) is 0.516. The van der Waals surface area contributed by atoms with Gasteiger partial charge in [-0.05, 0) is 42.5 Å². The minimum Gasteiger partial charge on any atom is -0.351 e. The summed E-state index contributed by atoms with van der Waals surface area (Å²) in [5.41, 5.74) is 4.13. The molecule has 0 radical (unpaired) electrons. The highest BCUT2D eigenvalue weighted by Gasteiger charge is 2.36. The molecule has 128 valence electrons. The van der Waals surface area contributed by atoms with Gasteiger partial charge in [0.25, 0.3) is 0 Å². The molecule has 1 fully saturated rings. The van der Waals surface area contributed by atoms with Crippen molar-refractivity contribution >= 4 is 17.2 Å². The molecule has 2 aliphatic carbocycles. The van der Waals surface area contributed by atoms with Crippen LogP contribution in [0.25, 0.3) is 11.2 Å². The van der Waals surface area contributed by atoms with Crippen LogP contribution in [0.15, 0.2) is 43.0 Å². The number of aromatic nitrogens is 4. The Kier molecular flexibility index (Phi) is 3.13. The average Bonchev–Trinajstić information content (AvgIpc) is 3.23. The Morgan fingerprint density at radius 2 is 2.20 bits per heavy atom. The van der Waals surface area contributed by atoms with E-state index in [0.717, 1.165) is 40.9 Å². The van der Waals surface area contributed by atoms with Crippen molar-refractivity contribution in [3.05, 3.63) is 59.8 Å². The van der Waals surface area contributed by atoms with Crippen LogP contribution in [0.3, 0.4) is 0 Å². The van der Waals surface area contributed by atoms with Gasteiger partial charge in [-0.2, -0.15) is 0 Å². The highest BCUT2D eigenvalue weighted by molar-refractivity contribution is 5.83. The number of imidazole rings is 1. The smallest absolute Gasteiger partial charge is 0.223 e. The molecule has 25 heavy (non-hydrogen) atoms. The molecule has 0 unspecified atom stereocenters. The molecule has 0 atom stereocenters. The van der Waals surface area contributed by atoms with Gasteiger partial charge in [-0.15, -0.1) is 0 Å². The molecule has 0 aromatic carbocycles. The number of rotatable bonds is 4. The number of pyridine rings is 1. The van der Waals surface area contributed by atoms with E-state index < -0.39 is 5.67 Å². The van der Waals surface area contributed by atoms with Crippen LogP contribution < -0.4 is 5.32 Å². The first-order chi connectivity index (χ1) is 12.2. The van der Waals surface area contributed by atoms with Crippen molar-refractivity contribution in [3.63, 3.8) is 0 Å². The van der Waals surface area contributed by atoms with Gasteiger partial charge in [0.1, 0.15) is 11.3 Å². The number of halogens is 1. The maximum Gasteiger partial charge on any atom is 0.223 e. The first-order valence-corrected chi connectivity index (χ1v) is 8.63. The maximum atomic E-state index is 14.1. The van der Waals surface area contributed by atoms with Crippen molar-refractivity contribution in [1.82, 2.24) is 19.4 Å². The zero-order chi connectivity index (χ0) is 16.9. The summed E-state index contributed by atoms with van der Waals surface area (Å²) >= 11 is 0. The van der Waals surface area contributed by atoms with Crippen LogP contribution in [0.2, 0.25) is 0 Å². The third-order valence-electron chi connectivity index (χ3n) is 5.17. The van der Waals surface area contributed by atoms with E-state index in [0.29, 0.717) is 25.3 Å². The van der Waals surface area contributed by atoms with Crippen LogP contribution in [0, 0.1) is 0 Å². The maximum absolute atomic E-state index is 14.1. The van der Waals surface area contributed by atoms with Gasteiger partial charge in [0.15, 0.2) is 0 Å². The minimum atomic E-state index is -1.08. The Labute approximate surface area is 146 Å². The highest BCUT2D eigenvalue weighted by atomic mass is 19.1. The van der Waals surface area contributed by atoms with Gasteiger partial charge in [-0.3, -0.25) is 0 Å². The van der Waals surface area contributed by atoms with Crippen molar-refractivity contribution in [2.45, 2.75) is 31.4 Å². The molecule has 1 saturated carbocycles. The number of nitrogens with one attached hydrogen (secondary N) is 1. The Hall–Kier alpha value is -2.76. The van der Waals surface area contributed by atoms with Crippen LogP contribution in [-0.4, -0.2) is 31.6 Å². The average molecular weight is 337 g/mol. The zero-order valence-corrected chi connectivity index (χ0v) is 13.7. The van der Waals surface area contributed by atoms with Crippen LogP contribution in [0.4, 0.5) is 10.3 Å². The molecule has 0 saturated heterocycles. The lowest BCUT2D eigenvalue weighted by Crippen LogP contribution is -2.39. The van der Waals surface area contributed by atoms with E-state index >= 15 is 0 Å². The Balaban J connectivity index is 0.00000168. The van der Waals surface area contributed by atoms with Gasteiger partial charge in [0.2, 0.25) is 5.95 Å². The fraction of sp³-hybridized carbons (Fsp3) is 0.316. The molecule has 5 rings (SSSR count). The largest absolute Gasteiger partial charge is 0.351 e. The molecule has 0 amide bonds. The molecule has 2 aliphatic rings. The van der Waals surface area contributed by atoms with Gasteiger partial charge in [0.05, 0.1) is 12.2 Å². The molecule has 5 nitrogen and oxygen atoms in total. The lowest BCUT2D eigenvalue weighted by Gasteiger charge is -2.33. The van der Waals surface area contributed by atoms with E-state index in [1.807, 2.05) is 22.9 Å². The van der Waals surface area contributed by atoms with E-state index in [9.17, 15) is 4.39 Å². The van der Waals surface area contributed by atoms with Gasteiger partial charge in [-0.25, -0.2) is 19.3 Å². The number of hydrogen-bond acceptors (Lipinski definition) is 4. The molecule has 3 heterocycles. The van der Waals surface area contributed by atoms with E-state index in [2.05, 4.69) is 38.6 Å². The molecular weight excluding hydrogens is 317 g/mol. The molecular formula is C19H20FN5. The van der Waals surface area contributed by atoms with Gasteiger partial charge >= 0.3 is 0 Å². The fourth-order valence-corrected chi connectivity index (χ4v) is 3.52. The van der Waals surface area contributed by atoms with Crippen molar-refractivity contribution in [3.8, 4) is 0 Å². The SMILES string of the molecule is FC1(CNc2ncc3c(n2)CC=C3c2ccc3nccn3c2)CCC1.[HH]. The minimum absolute atomic E-state index is 0. The van der Waals surface area contributed by atoms with Gasteiger partial charge in [0, 0.05) is 38.2 Å². The van der Waals surface area contributed by atoms with Crippen LogP contribution in [0.1, 0.15) is 37.5 Å². The Morgan fingerprint density at radius 3 is 3.04 bits per heavy atom. The summed E-state index contributed by atoms with van der Waals surface area (Å²) in [6, 6.07) is 4.07. The molecule has 0 spiro atoms. The van der Waals surface area contributed by atoms with E-state index in [1.54, 1.807) is 6.20 Å². The molecule has 0 bridgehead atoms. The molecule has 6 heteroatoms. The van der Waals surface area contributed by atoms with Crippen molar-refractivity contribution in [2.24, 2.45) is 0 Å². The number of fused-ring (bicyclic) bond motifs is 2. The van der Waals surface area contributed by atoms with E-state index in [1.165, 1.54) is 0 Å². The lowest BCUT2D eigenvalue weighted by molar-refractivity contribution is 0.0782. The summed E-state index contributed by atoms with van der Waals surface area (Å²) in [5, 5.41) is 3.06. The number of nitrogens with zero attached hydrogens (tertiary/aromatic N) is 4. The Morgan fingerprint density at radius 1 is 1.28 bits per heavy atom. The molecule has 3 aromatic rings. The first kappa shape index (κ1) is 14.6. The predicted molar refractivity (Wildman–Crippen MR) is 96.3 cm³/mol. The third kappa shape index (κ3) is 2.49. The summed E-state index contributed by atoms with van der Waals surface area (Å²) in [6.07, 6.45) is 12.8. The molecule has 3 aromatic heterocycles.